The first-order valence-electron chi connectivity index (χ1n) is 18.9. The van der Waals surface area contributed by atoms with E-state index in [4.69, 9.17) is 14.7 Å². The molecule has 2 heterocycles. The van der Waals surface area contributed by atoms with Crippen LogP contribution in [-0.2, 0) is 16.0 Å². The highest BCUT2D eigenvalue weighted by molar-refractivity contribution is 5.98. The average molecular weight is 693 g/mol. The molecule has 9 nitrogen and oxygen atoms in total. The third kappa shape index (κ3) is 9.23. The quantitative estimate of drug-likeness (QED) is 0.189. The summed E-state index contributed by atoms with van der Waals surface area (Å²) >= 11 is 0. The van der Waals surface area contributed by atoms with E-state index in [2.05, 4.69) is 18.3 Å². The number of rotatable bonds is 13. The van der Waals surface area contributed by atoms with Crippen LogP contribution in [0.1, 0.15) is 100 Å². The standard InChI is InChI=1S/C42H52N4O5/c1-4-5-28-6-10-30(11-7-28)31-14-16-32(17-15-31)35-23-43-39(44-24-35)33-12-8-29(9-13-33)22-38(41(48)46-25-36(26-46)42(49)50)45-40(47)34-18-20-37(21-19-34)51-27(2)3/h8-9,12-13,16,18-21,23-24,27-28,30-31,36,38H,4-7,10-11,14-15,17,22,25-26H2,1-3H3,(H,45,47)(H,49,50)/t28?,30?,31?,38-/m0/s1. The van der Waals surface area contributed by atoms with Crippen molar-refractivity contribution in [3.8, 4) is 17.1 Å². The van der Waals surface area contributed by atoms with Gasteiger partial charge in [-0.15, -0.1) is 0 Å². The predicted octanol–water partition coefficient (Wildman–Crippen LogP) is 7.60. The first-order chi connectivity index (χ1) is 24.7. The lowest BCUT2D eigenvalue weighted by Crippen LogP contribution is -2.59. The summed E-state index contributed by atoms with van der Waals surface area (Å²) in [5.74, 6) is 1.73. The number of carboxylic acid groups (broad SMARTS) is 1. The fourth-order valence-electron chi connectivity index (χ4n) is 8.00. The van der Waals surface area contributed by atoms with Crippen molar-refractivity contribution in [2.45, 2.75) is 97.1 Å². The molecule has 1 saturated carbocycles. The maximum atomic E-state index is 13.5. The monoisotopic (exact) mass is 692 g/mol. The Kier molecular flexibility index (Phi) is 11.8. The van der Waals surface area contributed by atoms with E-state index in [1.807, 2.05) is 50.5 Å². The van der Waals surface area contributed by atoms with Crippen molar-refractivity contribution in [1.82, 2.24) is 20.2 Å². The van der Waals surface area contributed by atoms with E-state index in [0.717, 1.165) is 47.3 Å². The van der Waals surface area contributed by atoms with Crippen LogP contribution in [0.2, 0.25) is 0 Å². The SMILES string of the molecule is CCCC1CCC(C2CC=C(c3cnc(-c4ccc(C[C@H](NC(=O)c5ccc(OC(C)C)cc5)C(=O)N5CC(C(=O)O)C5)cc4)nc3)CC2)CC1. The number of benzene rings is 2. The number of aliphatic carboxylic acids is 1. The van der Waals surface area contributed by atoms with Crippen LogP contribution < -0.4 is 10.1 Å². The number of nitrogens with zero attached hydrogens (tertiary/aromatic N) is 3. The molecular formula is C42H52N4O5. The summed E-state index contributed by atoms with van der Waals surface area (Å²) in [6, 6.07) is 13.6. The van der Waals surface area contributed by atoms with Crippen LogP contribution in [-0.4, -0.2) is 63.0 Å². The largest absolute Gasteiger partial charge is 0.491 e. The second-order valence-electron chi connectivity index (χ2n) is 15.0. The average Bonchev–Trinajstić information content (AvgIpc) is 3.11. The Hall–Kier alpha value is -4.53. The molecule has 0 bridgehead atoms. The minimum Gasteiger partial charge on any atom is -0.491 e. The van der Waals surface area contributed by atoms with Gasteiger partial charge < -0.3 is 20.1 Å². The number of hydrogen-bond donors (Lipinski definition) is 2. The van der Waals surface area contributed by atoms with Gasteiger partial charge in [0.1, 0.15) is 11.8 Å². The van der Waals surface area contributed by atoms with Crippen molar-refractivity contribution in [2.75, 3.05) is 13.1 Å². The van der Waals surface area contributed by atoms with Gasteiger partial charge in [0.25, 0.3) is 5.91 Å². The molecule has 6 rings (SSSR count). The van der Waals surface area contributed by atoms with Gasteiger partial charge in [-0.05, 0) is 99.1 Å². The number of hydrogen-bond acceptors (Lipinski definition) is 6. The van der Waals surface area contributed by atoms with E-state index in [-0.39, 0.29) is 37.4 Å². The lowest BCUT2D eigenvalue weighted by molar-refractivity contribution is -0.153. The molecule has 0 radical (unpaired) electrons. The summed E-state index contributed by atoms with van der Waals surface area (Å²) in [5, 5.41) is 12.2. The normalized spacial score (nSPS) is 21.4. The van der Waals surface area contributed by atoms with E-state index >= 15 is 0 Å². The fraction of sp³-hybridized carbons (Fsp3) is 0.500. The Morgan fingerprint density at radius 2 is 1.59 bits per heavy atom. The number of aromatic nitrogens is 2. The molecule has 1 aromatic heterocycles. The van der Waals surface area contributed by atoms with Crippen LogP contribution in [0.15, 0.2) is 67.0 Å². The first kappa shape index (κ1) is 36.3. The molecule has 2 atom stereocenters. The van der Waals surface area contributed by atoms with Gasteiger partial charge in [0.2, 0.25) is 5.91 Å². The number of likely N-dealkylation sites (tertiary alicyclic amines) is 1. The highest BCUT2D eigenvalue weighted by Gasteiger charge is 2.39. The number of carbonyl (C=O) groups is 3. The number of ether oxygens (including phenoxy) is 1. The third-order valence-corrected chi connectivity index (χ3v) is 11.0. The molecular weight excluding hydrogens is 640 g/mol. The summed E-state index contributed by atoms with van der Waals surface area (Å²) < 4.78 is 5.68. The van der Waals surface area contributed by atoms with Crippen molar-refractivity contribution in [1.29, 1.82) is 0 Å². The lowest BCUT2D eigenvalue weighted by atomic mass is 9.70. The van der Waals surface area contributed by atoms with E-state index in [9.17, 15) is 19.5 Å². The van der Waals surface area contributed by atoms with Crippen LogP contribution in [0, 0.1) is 23.7 Å². The minimum atomic E-state index is -0.923. The molecule has 2 aliphatic carbocycles. The zero-order valence-electron chi connectivity index (χ0n) is 30.2. The highest BCUT2D eigenvalue weighted by Crippen LogP contribution is 2.42. The first-order valence-corrected chi connectivity index (χ1v) is 18.9. The molecule has 2 fully saturated rings. The summed E-state index contributed by atoms with van der Waals surface area (Å²) in [4.78, 5) is 49.0. The van der Waals surface area contributed by atoms with Crippen LogP contribution in [0.3, 0.4) is 0 Å². The second-order valence-corrected chi connectivity index (χ2v) is 15.0. The van der Waals surface area contributed by atoms with Crippen LogP contribution >= 0.6 is 0 Å². The number of carbonyl (C=O) groups excluding carboxylic acids is 2. The van der Waals surface area contributed by atoms with Crippen molar-refractivity contribution in [3.63, 3.8) is 0 Å². The molecule has 2 aromatic carbocycles. The molecule has 2 N–H and O–H groups in total. The van der Waals surface area contributed by atoms with Gasteiger partial charge >= 0.3 is 5.97 Å². The topological polar surface area (TPSA) is 122 Å². The lowest BCUT2D eigenvalue weighted by Gasteiger charge is -2.39. The summed E-state index contributed by atoms with van der Waals surface area (Å²) in [7, 11) is 0. The Balaban J connectivity index is 1.07. The van der Waals surface area contributed by atoms with E-state index in [1.165, 1.54) is 55.4 Å². The predicted molar refractivity (Wildman–Crippen MR) is 198 cm³/mol. The summed E-state index contributed by atoms with van der Waals surface area (Å²) in [6.07, 6.45) is 18.4. The molecule has 1 unspecified atom stereocenters. The van der Waals surface area contributed by atoms with Crippen molar-refractivity contribution >= 4 is 23.4 Å². The molecule has 0 spiro atoms. The maximum Gasteiger partial charge on any atom is 0.310 e. The van der Waals surface area contributed by atoms with Crippen LogP contribution in [0.4, 0.5) is 0 Å². The summed E-state index contributed by atoms with van der Waals surface area (Å²) in [5.41, 5.74) is 4.56. The number of allylic oxidation sites excluding steroid dienone is 2. The van der Waals surface area contributed by atoms with Gasteiger partial charge in [-0.2, -0.15) is 0 Å². The molecule has 1 aliphatic heterocycles. The van der Waals surface area contributed by atoms with Gasteiger partial charge in [-0.25, -0.2) is 9.97 Å². The Bertz CT molecular complexity index is 1670. The van der Waals surface area contributed by atoms with Crippen molar-refractivity contribution < 1.29 is 24.2 Å². The van der Waals surface area contributed by atoms with Gasteiger partial charge in [0.05, 0.1) is 12.0 Å². The molecule has 1 saturated heterocycles. The number of amides is 2. The molecule has 3 aromatic rings. The molecule has 270 valence electrons. The smallest absolute Gasteiger partial charge is 0.310 e. The van der Waals surface area contributed by atoms with E-state index < -0.39 is 17.9 Å². The van der Waals surface area contributed by atoms with Gasteiger partial charge in [0, 0.05) is 48.6 Å². The Labute approximate surface area is 301 Å². The highest BCUT2D eigenvalue weighted by atomic mass is 16.5. The van der Waals surface area contributed by atoms with Gasteiger partial charge in [-0.1, -0.05) is 62.9 Å². The minimum absolute atomic E-state index is 0.00666. The molecule has 2 amide bonds. The molecule has 51 heavy (non-hydrogen) atoms. The van der Waals surface area contributed by atoms with Crippen molar-refractivity contribution in [2.24, 2.45) is 23.7 Å². The van der Waals surface area contributed by atoms with Crippen molar-refractivity contribution in [3.05, 3.63) is 83.7 Å². The van der Waals surface area contributed by atoms with E-state index in [0.29, 0.717) is 17.1 Å². The van der Waals surface area contributed by atoms with Gasteiger partial charge in [0.15, 0.2) is 5.82 Å². The zero-order chi connectivity index (χ0) is 35.9. The molecule has 3 aliphatic rings. The maximum absolute atomic E-state index is 13.5. The third-order valence-electron chi connectivity index (χ3n) is 11.0. The number of nitrogens with one attached hydrogen (secondary N) is 1. The molecule has 9 heteroatoms. The zero-order valence-corrected chi connectivity index (χ0v) is 30.2. The number of carboxylic acids is 1. The van der Waals surface area contributed by atoms with E-state index in [1.54, 1.807) is 24.3 Å². The second kappa shape index (κ2) is 16.7. The van der Waals surface area contributed by atoms with Gasteiger partial charge in [-0.3, -0.25) is 14.4 Å². The fourth-order valence-corrected chi connectivity index (χ4v) is 8.00. The van der Waals surface area contributed by atoms with Crippen LogP contribution in [0.5, 0.6) is 5.75 Å². The summed E-state index contributed by atoms with van der Waals surface area (Å²) in [6.45, 7) is 6.43. The Morgan fingerprint density at radius 3 is 2.18 bits per heavy atom. The Morgan fingerprint density at radius 1 is 0.902 bits per heavy atom. The van der Waals surface area contributed by atoms with Crippen LogP contribution in [0.25, 0.3) is 17.0 Å².